The van der Waals surface area contributed by atoms with E-state index in [4.69, 9.17) is 22.7 Å². The molecule has 8 heteroatoms. The standard InChI is InChI=1S/C18H20N4O4/c1-2-13(10-16(24)25)21-15(23)9-12-7-8-22(18(12)26)14-5-3-11(4-6-14)17(19)20/h1,3-6,12-13H,7-10H2,(H3,19,20)(H,21,23)(H,24,25)/t12?,13-/m1/s1. The molecule has 1 fully saturated rings. The maximum Gasteiger partial charge on any atom is 0.306 e. The van der Waals surface area contributed by atoms with E-state index in [2.05, 4.69) is 11.2 Å². The van der Waals surface area contributed by atoms with E-state index in [0.717, 1.165) is 0 Å². The normalized spacial score (nSPS) is 17.4. The second-order valence-corrected chi connectivity index (χ2v) is 6.02. The molecule has 0 bridgehead atoms. The zero-order valence-electron chi connectivity index (χ0n) is 14.1. The third kappa shape index (κ3) is 4.60. The molecular weight excluding hydrogens is 336 g/mol. The molecule has 1 heterocycles. The molecule has 0 radical (unpaired) electrons. The number of nitrogen functional groups attached to an aromatic ring is 1. The van der Waals surface area contributed by atoms with Gasteiger partial charge in [0.15, 0.2) is 0 Å². The van der Waals surface area contributed by atoms with E-state index < -0.39 is 23.8 Å². The number of amidine groups is 1. The summed E-state index contributed by atoms with van der Waals surface area (Å²) in [4.78, 5) is 36.9. The van der Waals surface area contributed by atoms with Crippen molar-refractivity contribution >= 4 is 29.3 Å². The van der Waals surface area contributed by atoms with Crippen LogP contribution in [-0.2, 0) is 14.4 Å². The van der Waals surface area contributed by atoms with Gasteiger partial charge in [0.2, 0.25) is 11.8 Å². The average Bonchev–Trinajstić information content (AvgIpc) is 2.94. The van der Waals surface area contributed by atoms with Crippen LogP contribution in [0.3, 0.4) is 0 Å². The highest BCUT2D eigenvalue weighted by Crippen LogP contribution is 2.27. The summed E-state index contributed by atoms with van der Waals surface area (Å²) in [6.07, 6.45) is 5.31. The number of nitrogens with two attached hydrogens (primary N) is 1. The van der Waals surface area contributed by atoms with Gasteiger partial charge < -0.3 is 21.1 Å². The molecule has 2 amide bonds. The van der Waals surface area contributed by atoms with Gasteiger partial charge in [-0.25, -0.2) is 0 Å². The minimum absolute atomic E-state index is 0.0430. The van der Waals surface area contributed by atoms with E-state index in [0.29, 0.717) is 24.2 Å². The van der Waals surface area contributed by atoms with Crippen molar-refractivity contribution in [1.82, 2.24) is 5.32 Å². The summed E-state index contributed by atoms with van der Waals surface area (Å²) in [5, 5.41) is 18.6. The number of hydrogen-bond donors (Lipinski definition) is 4. The van der Waals surface area contributed by atoms with Crippen molar-refractivity contribution in [2.45, 2.75) is 25.3 Å². The predicted molar refractivity (Wildman–Crippen MR) is 95.6 cm³/mol. The smallest absolute Gasteiger partial charge is 0.306 e. The monoisotopic (exact) mass is 356 g/mol. The van der Waals surface area contributed by atoms with Crippen LogP contribution in [0.15, 0.2) is 24.3 Å². The summed E-state index contributed by atoms with van der Waals surface area (Å²) in [5.41, 5.74) is 6.65. The van der Waals surface area contributed by atoms with Gasteiger partial charge in [-0.3, -0.25) is 19.8 Å². The fourth-order valence-electron chi connectivity index (χ4n) is 2.81. The molecule has 1 aromatic rings. The SMILES string of the molecule is C#C[C@H](CC(=O)O)NC(=O)CC1CCN(c2ccc(C(=N)N)cc2)C1=O. The third-order valence-electron chi connectivity index (χ3n) is 4.15. The summed E-state index contributed by atoms with van der Waals surface area (Å²) in [6.45, 7) is 0.476. The fraction of sp³-hybridized carbons (Fsp3) is 0.333. The molecule has 26 heavy (non-hydrogen) atoms. The molecule has 1 saturated heterocycles. The highest BCUT2D eigenvalue weighted by molar-refractivity contribution is 6.00. The quantitative estimate of drug-likeness (QED) is 0.316. The Kier molecular flexibility index (Phi) is 5.96. The summed E-state index contributed by atoms with van der Waals surface area (Å²) < 4.78 is 0. The second-order valence-electron chi connectivity index (χ2n) is 6.02. The van der Waals surface area contributed by atoms with Crippen LogP contribution in [0.4, 0.5) is 5.69 Å². The molecule has 2 rings (SSSR count). The number of carbonyl (C=O) groups excluding carboxylic acids is 2. The molecule has 8 nitrogen and oxygen atoms in total. The lowest BCUT2D eigenvalue weighted by molar-refractivity contribution is -0.137. The molecule has 0 spiro atoms. The lowest BCUT2D eigenvalue weighted by Gasteiger charge is -2.17. The van der Waals surface area contributed by atoms with Gasteiger partial charge in [0.1, 0.15) is 11.9 Å². The van der Waals surface area contributed by atoms with Crippen molar-refractivity contribution < 1.29 is 19.5 Å². The average molecular weight is 356 g/mol. The molecular formula is C18H20N4O4. The lowest BCUT2D eigenvalue weighted by Crippen LogP contribution is -2.37. The molecule has 1 unspecified atom stereocenters. The first kappa shape index (κ1) is 19.0. The Morgan fingerprint density at radius 2 is 2.08 bits per heavy atom. The topological polar surface area (TPSA) is 137 Å². The highest BCUT2D eigenvalue weighted by atomic mass is 16.4. The fourth-order valence-corrected chi connectivity index (χ4v) is 2.81. The zero-order valence-corrected chi connectivity index (χ0v) is 14.1. The number of carboxylic acid groups (broad SMARTS) is 1. The van der Waals surface area contributed by atoms with Crippen molar-refractivity contribution in [3.05, 3.63) is 29.8 Å². The number of hydrogen-bond acceptors (Lipinski definition) is 4. The molecule has 5 N–H and O–H groups in total. The summed E-state index contributed by atoms with van der Waals surface area (Å²) in [6, 6.07) is 5.84. The van der Waals surface area contributed by atoms with Gasteiger partial charge >= 0.3 is 5.97 Å². The largest absolute Gasteiger partial charge is 0.481 e. The van der Waals surface area contributed by atoms with Crippen LogP contribution in [0.5, 0.6) is 0 Å². The number of nitrogens with zero attached hydrogens (tertiary/aromatic N) is 1. The highest BCUT2D eigenvalue weighted by Gasteiger charge is 2.34. The number of benzene rings is 1. The van der Waals surface area contributed by atoms with Gasteiger partial charge in [0, 0.05) is 30.1 Å². The Bertz CT molecular complexity index is 766. The van der Waals surface area contributed by atoms with E-state index in [1.54, 1.807) is 29.2 Å². The van der Waals surface area contributed by atoms with E-state index in [9.17, 15) is 14.4 Å². The Hall–Kier alpha value is -3.34. The zero-order chi connectivity index (χ0) is 19.3. The van der Waals surface area contributed by atoms with Crippen LogP contribution in [0.1, 0.15) is 24.8 Å². The molecule has 2 atom stereocenters. The van der Waals surface area contributed by atoms with Crippen LogP contribution >= 0.6 is 0 Å². The lowest BCUT2D eigenvalue weighted by atomic mass is 10.0. The van der Waals surface area contributed by atoms with Crippen LogP contribution in [0.2, 0.25) is 0 Å². The van der Waals surface area contributed by atoms with Crippen LogP contribution in [-0.4, -0.2) is 41.3 Å². The van der Waals surface area contributed by atoms with Crippen molar-refractivity contribution in [1.29, 1.82) is 5.41 Å². The Balaban J connectivity index is 1.96. The van der Waals surface area contributed by atoms with Gasteiger partial charge in [-0.1, -0.05) is 5.92 Å². The number of carboxylic acids is 1. The molecule has 136 valence electrons. The number of rotatable bonds is 7. The van der Waals surface area contributed by atoms with E-state index in [1.165, 1.54) is 0 Å². The van der Waals surface area contributed by atoms with Gasteiger partial charge in [-0.15, -0.1) is 6.42 Å². The van der Waals surface area contributed by atoms with Crippen LogP contribution in [0.25, 0.3) is 0 Å². The number of amides is 2. The maximum atomic E-state index is 12.5. The second kappa shape index (κ2) is 8.16. The Labute approximate surface area is 150 Å². The van der Waals surface area contributed by atoms with Crippen molar-refractivity contribution in [3.8, 4) is 12.3 Å². The number of terminal acetylenes is 1. The molecule has 0 aromatic heterocycles. The molecule has 1 aliphatic rings. The number of carbonyl (C=O) groups is 3. The first-order valence-electron chi connectivity index (χ1n) is 8.05. The molecule has 0 aliphatic carbocycles. The summed E-state index contributed by atoms with van der Waals surface area (Å²) in [7, 11) is 0. The van der Waals surface area contributed by atoms with Gasteiger partial charge in [-0.2, -0.15) is 0 Å². The van der Waals surface area contributed by atoms with E-state index in [-0.39, 0.29) is 24.6 Å². The van der Waals surface area contributed by atoms with Gasteiger partial charge in [0.25, 0.3) is 0 Å². The molecule has 1 aliphatic heterocycles. The third-order valence-corrected chi connectivity index (χ3v) is 4.15. The van der Waals surface area contributed by atoms with Crippen molar-refractivity contribution in [3.63, 3.8) is 0 Å². The van der Waals surface area contributed by atoms with Gasteiger partial charge in [-0.05, 0) is 30.7 Å². The Morgan fingerprint density at radius 1 is 1.42 bits per heavy atom. The van der Waals surface area contributed by atoms with Crippen LogP contribution in [0, 0.1) is 23.7 Å². The van der Waals surface area contributed by atoms with E-state index in [1.807, 2.05) is 0 Å². The minimum atomic E-state index is -1.11. The number of anilines is 1. The van der Waals surface area contributed by atoms with E-state index >= 15 is 0 Å². The molecule has 0 saturated carbocycles. The number of nitrogens with one attached hydrogen (secondary N) is 2. The van der Waals surface area contributed by atoms with Crippen molar-refractivity contribution in [2.75, 3.05) is 11.4 Å². The summed E-state index contributed by atoms with van der Waals surface area (Å²) >= 11 is 0. The maximum absolute atomic E-state index is 12.5. The first-order chi connectivity index (χ1) is 12.3. The minimum Gasteiger partial charge on any atom is -0.481 e. The van der Waals surface area contributed by atoms with Crippen LogP contribution < -0.4 is 16.0 Å². The van der Waals surface area contributed by atoms with Gasteiger partial charge in [0.05, 0.1) is 6.42 Å². The van der Waals surface area contributed by atoms with Crippen molar-refractivity contribution in [2.24, 2.45) is 11.7 Å². The summed E-state index contributed by atoms with van der Waals surface area (Å²) in [5.74, 6) is -0.0437. The Morgan fingerprint density at radius 3 is 2.62 bits per heavy atom. The first-order valence-corrected chi connectivity index (χ1v) is 8.05. The predicted octanol–water partition coefficient (Wildman–Crippen LogP) is 0.306. The number of aliphatic carboxylic acids is 1. The molecule has 1 aromatic carbocycles.